The molecule has 4 nitrogen and oxygen atoms in total. The zero-order chi connectivity index (χ0) is 49.3. The van der Waals surface area contributed by atoms with Crippen LogP contribution in [0.3, 0.4) is 0 Å². The number of nitrogens with zero attached hydrogens (tertiary/aromatic N) is 2. The molecule has 72 heavy (non-hydrogen) atoms. The summed E-state index contributed by atoms with van der Waals surface area (Å²) in [7, 11) is 7.17. The Morgan fingerprint density at radius 3 is 1.32 bits per heavy atom. The number of aliphatic hydroxyl groups is 1. The fourth-order valence-corrected chi connectivity index (χ4v) is 9.20. The van der Waals surface area contributed by atoms with Crippen LogP contribution in [-0.4, -0.2) is 33.9 Å². The van der Waals surface area contributed by atoms with Crippen LogP contribution in [-0.2, 0) is 24.9 Å². The number of benzene rings is 10. The van der Waals surface area contributed by atoms with Gasteiger partial charge in [-0.25, -0.2) is 5.56 Å². The predicted octanol–water partition coefficient (Wildman–Crippen LogP) is 16.7. The van der Waals surface area contributed by atoms with Crippen molar-refractivity contribution in [3.05, 3.63) is 254 Å². The summed E-state index contributed by atoms with van der Waals surface area (Å²) in [5, 5.41) is 15.9. The molecule has 1 unspecified atom stereocenters. The second kappa shape index (κ2) is 23.6. The second-order valence-electron chi connectivity index (χ2n) is 17.3. The zero-order valence-electron chi connectivity index (χ0n) is 40.4. The molecule has 0 amide bonds. The van der Waals surface area contributed by atoms with Crippen molar-refractivity contribution in [3.63, 3.8) is 0 Å². The van der Waals surface area contributed by atoms with Gasteiger partial charge in [0.1, 0.15) is 0 Å². The standard InChI is InChI=1S/C36H24N2.C23H16.C5H8O2.CH4BP.Ir/c1-5-13-33-29(9-1)30-10-2-6-14-34(30)37(33)27-21-17-25(18-22-27)26-19-23-28(24-20-26)38-35-15-7-3-11-31(35)32-12-4-8-16-36(32)38;1-17-11-13-18(14-12-17)21-15-20-9-5-6-10-22(20)23(16-21)19-7-3-2-4-8-19;1-4(6)3-5(2)7;2-1-3;/h1-24H;2-13,16H,1H3;3,6H,1-2H3;1,3H2;/q;-2;;;. The van der Waals surface area contributed by atoms with E-state index in [-0.39, 0.29) is 31.6 Å². The maximum absolute atomic E-state index is 10.0. The van der Waals surface area contributed by atoms with Crippen molar-refractivity contribution >= 4 is 77.3 Å². The molecule has 0 spiro atoms. The van der Waals surface area contributed by atoms with Crippen LogP contribution in [0.15, 0.2) is 236 Å². The number of para-hydroxylation sites is 4. The van der Waals surface area contributed by atoms with Gasteiger partial charge >= 0.3 is 0 Å². The van der Waals surface area contributed by atoms with Gasteiger partial charge < -0.3 is 14.2 Å². The third-order valence-electron chi connectivity index (χ3n) is 12.3. The molecule has 10 aromatic carbocycles. The van der Waals surface area contributed by atoms with E-state index in [1.807, 2.05) is 6.07 Å². The van der Waals surface area contributed by atoms with Crippen LogP contribution in [0.1, 0.15) is 19.4 Å². The normalized spacial score (nSPS) is 11.0. The van der Waals surface area contributed by atoms with E-state index in [0.717, 1.165) is 16.5 Å². The molecule has 0 aliphatic rings. The molecular formula is C65H52BIrN2O2P-2. The summed E-state index contributed by atoms with van der Waals surface area (Å²) in [6.07, 6.45) is 1.17. The third kappa shape index (κ3) is 11.1. The molecule has 353 valence electrons. The fourth-order valence-electron chi connectivity index (χ4n) is 9.20. The van der Waals surface area contributed by atoms with E-state index in [1.165, 1.54) is 108 Å². The van der Waals surface area contributed by atoms with Crippen LogP contribution in [0.2, 0.25) is 0 Å². The first-order chi connectivity index (χ1) is 34.7. The number of carbonyl (C=O) groups is 1. The van der Waals surface area contributed by atoms with E-state index in [9.17, 15) is 4.79 Å². The number of allylic oxidation sites excluding steroid dienone is 2. The fraction of sp³-hybridized carbons (Fsp3) is 0.0615. The summed E-state index contributed by atoms with van der Waals surface area (Å²) < 4.78 is 4.72. The average Bonchev–Trinajstić information content (AvgIpc) is 3.92. The van der Waals surface area contributed by atoms with Gasteiger partial charge in [0.15, 0.2) is 5.78 Å². The summed E-state index contributed by atoms with van der Waals surface area (Å²) in [5.41, 5.74) is 15.6. The SMILES string of the molecule is CC(=O)C=C(C)O.Cc1c[c-]c(-c2[c-]c3ccccc3c(-c3ccccc3)c2)cc1.[B]CP.[Ir].c1ccc2c(c1)c1ccccc1n2-c1ccc(-c2ccc(-n3c4ccccc4c4ccccc43)cc2)cc1. The molecule has 0 bridgehead atoms. The minimum absolute atomic E-state index is 0. The van der Waals surface area contributed by atoms with Crippen LogP contribution in [0, 0.1) is 19.1 Å². The monoisotopic (exact) mass is 1130 g/mol. The number of aryl methyl sites for hydroxylation is 1. The van der Waals surface area contributed by atoms with E-state index >= 15 is 0 Å². The molecule has 0 saturated carbocycles. The van der Waals surface area contributed by atoms with Crippen LogP contribution >= 0.6 is 9.24 Å². The maximum Gasteiger partial charge on any atom is 0.155 e. The largest absolute Gasteiger partial charge is 0.512 e. The van der Waals surface area contributed by atoms with Gasteiger partial charge in [-0.05, 0) is 79.1 Å². The molecule has 7 heteroatoms. The van der Waals surface area contributed by atoms with E-state index in [2.05, 4.69) is 256 Å². The Hall–Kier alpha value is -7.59. The van der Waals surface area contributed by atoms with Crippen LogP contribution in [0.4, 0.5) is 0 Å². The maximum atomic E-state index is 10.0. The molecule has 1 atom stereocenters. The molecule has 12 rings (SSSR count). The molecule has 12 aromatic rings. The summed E-state index contributed by atoms with van der Waals surface area (Å²) in [4.78, 5) is 10.0. The van der Waals surface area contributed by atoms with Gasteiger partial charge in [-0.1, -0.05) is 170 Å². The minimum Gasteiger partial charge on any atom is -0.512 e. The van der Waals surface area contributed by atoms with Crippen LogP contribution in [0.5, 0.6) is 0 Å². The van der Waals surface area contributed by atoms with Crippen molar-refractivity contribution < 1.29 is 30.0 Å². The first-order valence-electron chi connectivity index (χ1n) is 23.7. The first kappa shape index (κ1) is 50.8. The van der Waals surface area contributed by atoms with E-state index in [0.29, 0.717) is 6.06 Å². The third-order valence-corrected chi connectivity index (χ3v) is 12.3. The molecule has 2 heterocycles. The summed E-state index contributed by atoms with van der Waals surface area (Å²) in [5.74, 6) is -0.0625. The van der Waals surface area contributed by atoms with Crippen LogP contribution < -0.4 is 0 Å². The van der Waals surface area contributed by atoms with Gasteiger partial charge in [0.2, 0.25) is 0 Å². The van der Waals surface area contributed by atoms with Gasteiger partial charge in [0, 0.05) is 59.1 Å². The predicted molar refractivity (Wildman–Crippen MR) is 305 cm³/mol. The van der Waals surface area contributed by atoms with Crippen molar-refractivity contribution in [2.45, 2.75) is 20.8 Å². The smallest absolute Gasteiger partial charge is 0.155 e. The number of carbonyl (C=O) groups excluding carboxylic acids is 1. The molecule has 0 aliphatic carbocycles. The number of ketones is 1. The molecule has 0 saturated heterocycles. The Labute approximate surface area is 439 Å². The Kier molecular flexibility index (Phi) is 16.6. The Balaban J connectivity index is 0.000000173. The van der Waals surface area contributed by atoms with E-state index in [4.69, 9.17) is 13.0 Å². The van der Waals surface area contributed by atoms with Crippen molar-refractivity contribution in [3.8, 4) is 44.8 Å². The van der Waals surface area contributed by atoms with Gasteiger partial charge in [0.05, 0.1) is 35.7 Å². The number of rotatable bonds is 6. The number of fused-ring (bicyclic) bond motifs is 7. The number of hydrogen-bond acceptors (Lipinski definition) is 2. The molecule has 1 N–H and O–H groups in total. The number of hydrogen-bond donors (Lipinski definition) is 1. The van der Waals surface area contributed by atoms with E-state index in [1.54, 1.807) is 0 Å². The minimum atomic E-state index is -0.125. The van der Waals surface area contributed by atoms with Crippen molar-refractivity contribution in [1.82, 2.24) is 9.13 Å². The molecule has 3 radical (unpaired) electrons. The summed E-state index contributed by atoms with van der Waals surface area (Å²) in [6.45, 7) is 4.93. The Bertz CT molecular complexity index is 3540. The van der Waals surface area contributed by atoms with Crippen LogP contribution in [0.25, 0.3) is 99.1 Å². The molecule has 0 aliphatic heterocycles. The second-order valence-corrected chi connectivity index (χ2v) is 17.7. The Morgan fingerprint density at radius 2 is 0.931 bits per heavy atom. The molecular weight excluding hydrogens is 1070 g/mol. The van der Waals surface area contributed by atoms with Gasteiger partial charge in [-0.15, -0.1) is 32.3 Å². The molecule has 2 aromatic heterocycles. The van der Waals surface area contributed by atoms with Crippen molar-refractivity contribution in [2.24, 2.45) is 0 Å². The Morgan fingerprint density at radius 1 is 0.528 bits per heavy atom. The summed E-state index contributed by atoms with van der Waals surface area (Å²) >= 11 is 0. The topological polar surface area (TPSA) is 47.2 Å². The quantitative estimate of drug-likeness (QED) is 0.0593. The van der Waals surface area contributed by atoms with Crippen molar-refractivity contribution in [2.75, 3.05) is 6.06 Å². The first-order valence-corrected chi connectivity index (χ1v) is 24.5. The number of aromatic nitrogens is 2. The summed E-state index contributed by atoms with van der Waals surface area (Å²) in [6, 6.07) is 87.5. The van der Waals surface area contributed by atoms with Gasteiger partial charge in [0.25, 0.3) is 0 Å². The zero-order valence-corrected chi connectivity index (χ0v) is 43.9. The van der Waals surface area contributed by atoms with Gasteiger partial charge in [-0.3, -0.25) is 4.79 Å². The van der Waals surface area contributed by atoms with Gasteiger partial charge in [-0.2, -0.15) is 35.9 Å². The van der Waals surface area contributed by atoms with E-state index < -0.39 is 0 Å². The van der Waals surface area contributed by atoms with Crippen molar-refractivity contribution in [1.29, 1.82) is 0 Å². The molecule has 0 fully saturated rings. The average molecular weight is 1130 g/mol. The number of aliphatic hydroxyl groups excluding tert-OH is 1.